The summed E-state index contributed by atoms with van der Waals surface area (Å²) in [7, 11) is 0. The van der Waals surface area contributed by atoms with Crippen LogP contribution in [-0.2, 0) is 14.4 Å². The van der Waals surface area contributed by atoms with Crippen molar-refractivity contribution < 1.29 is 14.4 Å². The Labute approximate surface area is 243 Å². The summed E-state index contributed by atoms with van der Waals surface area (Å²) < 4.78 is 0. The van der Waals surface area contributed by atoms with Gasteiger partial charge < -0.3 is 5.32 Å². The van der Waals surface area contributed by atoms with Crippen LogP contribution in [0.1, 0.15) is 105 Å². The van der Waals surface area contributed by atoms with Gasteiger partial charge in [-0.25, -0.2) is 4.90 Å². The third-order valence-electron chi connectivity index (χ3n) is 9.34. The Kier molecular flexibility index (Phi) is 8.04. The van der Waals surface area contributed by atoms with Crippen LogP contribution in [0.3, 0.4) is 0 Å². The fourth-order valence-corrected chi connectivity index (χ4v) is 7.47. The summed E-state index contributed by atoms with van der Waals surface area (Å²) in [6.07, 6.45) is 11.4. The summed E-state index contributed by atoms with van der Waals surface area (Å²) in [5.74, 6) is -1.39. The van der Waals surface area contributed by atoms with Crippen LogP contribution in [0.5, 0.6) is 0 Å². The Morgan fingerprint density at radius 3 is 1.66 bits per heavy atom. The average molecular weight is 549 g/mol. The monoisotopic (exact) mass is 548 g/mol. The number of hydrogen-bond acceptors (Lipinski definition) is 3. The Morgan fingerprint density at radius 2 is 1.15 bits per heavy atom. The Balaban J connectivity index is 1.12. The zero-order chi connectivity index (χ0) is 28.3. The van der Waals surface area contributed by atoms with Crippen LogP contribution in [0.15, 0.2) is 72.8 Å². The minimum absolute atomic E-state index is 0.0261. The van der Waals surface area contributed by atoms with Gasteiger partial charge >= 0.3 is 0 Å². The smallest absolute Gasteiger partial charge is 0.238 e. The van der Waals surface area contributed by atoms with Gasteiger partial charge in [-0.3, -0.25) is 14.4 Å². The molecule has 1 saturated heterocycles. The summed E-state index contributed by atoms with van der Waals surface area (Å²) in [5, 5.41) is 2.99. The topological polar surface area (TPSA) is 66.5 Å². The largest absolute Gasteiger partial charge is 0.326 e. The number of rotatable bonds is 12. The van der Waals surface area contributed by atoms with E-state index in [2.05, 4.69) is 36.5 Å². The molecule has 0 spiro atoms. The highest BCUT2D eigenvalue weighted by Gasteiger charge is 2.61. The van der Waals surface area contributed by atoms with Crippen molar-refractivity contribution in [2.45, 2.75) is 83.0 Å². The molecule has 7 rings (SSSR count). The number of nitrogens with zero attached hydrogens (tertiary/aromatic N) is 1. The maximum Gasteiger partial charge on any atom is 0.238 e. The molecule has 5 heteroatoms. The third kappa shape index (κ3) is 5.11. The molecule has 0 aromatic heterocycles. The van der Waals surface area contributed by atoms with E-state index < -0.39 is 11.8 Å². The van der Waals surface area contributed by atoms with E-state index in [-0.39, 0.29) is 29.6 Å². The molecule has 5 nitrogen and oxygen atoms in total. The van der Waals surface area contributed by atoms with Crippen LogP contribution in [0.4, 0.5) is 11.4 Å². The average Bonchev–Trinajstić information content (AvgIpc) is 3.26. The van der Waals surface area contributed by atoms with Crippen molar-refractivity contribution in [3.05, 3.63) is 95.1 Å². The molecule has 41 heavy (non-hydrogen) atoms. The minimum Gasteiger partial charge on any atom is -0.326 e. The molecular formula is C36H40N2O3. The van der Waals surface area contributed by atoms with E-state index in [1.165, 1.54) is 49.8 Å². The zero-order valence-electron chi connectivity index (χ0n) is 24.0. The molecule has 4 aliphatic rings. The number of anilines is 2. The molecule has 1 aliphatic heterocycles. The van der Waals surface area contributed by atoms with Crippen molar-refractivity contribution >= 4 is 29.1 Å². The molecule has 0 unspecified atom stereocenters. The van der Waals surface area contributed by atoms with E-state index in [9.17, 15) is 14.4 Å². The van der Waals surface area contributed by atoms with E-state index in [0.29, 0.717) is 17.8 Å². The van der Waals surface area contributed by atoms with Gasteiger partial charge in [0.15, 0.2) is 0 Å². The second-order valence-corrected chi connectivity index (χ2v) is 12.0. The molecule has 1 heterocycles. The first kappa shape index (κ1) is 27.4. The maximum atomic E-state index is 14.0. The molecular weight excluding hydrogens is 508 g/mol. The molecule has 3 aromatic carbocycles. The summed E-state index contributed by atoms with van der Waals surface area (Å²) in [6.45, 7) is 2.24. The lowest BCUT2D eigenvalue weighted by atomic mass is 9.55. The van der Waals surface area contributed by atoms with E-state index in [1.54, 1.807) is 12.1 Å². The van der Waals surface area contributed by atoms with Gasteiger partial charge in [0.25, 0.3) is 0 Å². The lowest BCUT2D eigenvalue weighted by molar-refractivity contribution is -0.122. The molecule has 0 saturated carbocycles. The third-order valence-corrected chi connectivity index (χ3v) is 9.34. The summed E-state index contributed by atoms with van der Waals surface area (Å²) in [5.41, 5.74) is 5.81. The predicted molar refractivity (Wildman–Crippen MR) is 163 cm³/mol. The van der Waals surface area contributed by atoms with Gasteiger partial charge in [0.05, 0.1) is 17.5 Å². The first-order valence-corrected chi connectivity index (χ1v) is 15.6. The fraction of sp³-hybridized carbons (Fsp3) is 0.417. The van der Waals surface area contributed by atoms with Gasteiger partial charge in [0, 0.05) is 23.9 Å². The van der Waals surface area contributed by atoms with E-state index in [0.717, 1.165) is 35.1 Å². The lowest BCUT2D eigenvalue weighted by Crippen LogP contribution is -2.41. The number of carbonyl (C=O) groups is 3. The van der Waals surface area contributed by atoms with Crippen LogP contribution in [-0.4, -0.2) is 17.7 Å². The number of carbonyl (C=O) groups excluding carboxylic acids is 3. The first-order chi connectivity index (χ1) is 20.1. The maximum absolute atomic E-state index is 14.0. The van der Waals surface area contributed by atoms with Crippen LogP contribution in [0, 0.1) is 11.8 Å². The highest BCUT2D eigenvalue weighted by molar-refractivity contribution is 6.23. The van der Waals surface area contributed by atoms with Crippen LogP contribution in [0.25, 0.3) is 0 Å². The van der Waals surface area contributed by atoms with Crippen LogP contribution in [0.2, 0.25) is 0 Å². The van der Waals surface area contributed by atoms with Gasteiger partial charge in [-0.15, -0.1) is 0 Å². The van der Waals surface area contributed by atoms with Gasteiger partial charge in [0.2, 0.25) is 17.7 Å². The van der Waals surface area contributed by atoms with Gasteiger partial charge in [-0.2, -0.15) is 0 Å². The number of benzene rings is 3. The van der Waals surface area contributed by atoms with E-state index in [4.69, 9.17) is 0 Å². The summed E-state index contributed by atoms with van der Waals surface area (Å²) >= 11 is 0. The van der Waals surface area contributed by atoms with Gasteiger partial charge in [-0.1, -0.05) is 113 Å². The molecule has 1 N–H and O–H groups in total. The number of hydrogen-bond donors (Lipinski definition) is 1. The normalized spacial score (nSPS) is 21.9. The van der Waals surface area contributed by atoms with E-state index >= 15 is 0 Å². The molecule has 1 fully saturated rings. The standard InChI is InChI=1S/C36H40N2O3/c1-2-3-4-5-6-7-8-9-10-22-30(39)37-24-16-15-17-25(23-24)38-35(40)33-31-26-18-11-12-19-27(26)32(34(33)36(38)41)29-21-14-13-20-28(29)31/h11-21,23,31-34H,2-10,22H2,1H3,(H,37,39)/t31?,32?,33-,34-/m1/s1. The number of amides is 3. The predicted octanol–water partition coefficient (Wildman–Crippen LogP) is 7.94. The van der Waals surface area contributed by atoms with Crippen molar-refractivity contribution in [3.8, 4) is 0 Å². The highest BCUT2D eigenvalue weighted by Crippen LogP contribution is 2.61. The van der Waals surface area contributed by atoms with Crippen LogP contribution >= 0.6 is 0 Å². The minimum atomic E-state index is -0.415. The molecule has 2 atom stereocenters. The van der Waals surface area contributed by atoms with Crippen molar-refractivity contribution in [1.82, 2.24) is 0 Å². The SMILES string of the molecule is CCCCCCCCCCCC(=O)Nc1cccc(N2C(=O)[C@@H]3C4c5ccccc5C(c5ccccc54)[C@H]3C2=O)c1. The number of nitrogens with one attached hydrogen (secondary N) is 1. The number of unbranched alkanes of at least 4 members (excludes halogenated alkanes) is 8. The summed E-state index contributed by atoms with van der Waals surface area (Å²) in [6, 6.07) is 23.8. The fourth-order valence-electron chi connectivity index (χ4n) is 7.47. The molecule has 3 amide bonds. The van der Waals surface area contributed by atoms with E-state index in [1.807, 2.05) is 36.4 Å². The molecule has 0 radical (unpaired) electrons. The summed E-state index contributed by atoms with van der Waals surface area (Å²) in [4.78, 5) is 42.1. The Morgan fingerprint density at radius 1 is 0.659 bits per heavy atom. The van der Waals surface area contributed by atoms with Crippen LogP contribution < -0.4 is 10.2 Å². The molecule has 212 valence electrons. The zero-order valence-corrected chi connectivity index (χ0v) is 24.0. The van der Waals surface area contributed by atoms with Gasteiger partial charge in [0.1, 0.15) is 0 Å². The molecule has 3 aromatic rings. The van der Waals surface area contributed by atoms with Crippen molar-refractivity contribution in [2.24, 2.45) is 11.8 Å². The van der Waals surface area contributed by atoms with Crippen molar-refractivity contribution in [3.63, 3.8) is 0 Å². The quantitative estimate of drug-likeness (QED) is 0.185. The Bertz CT molecular complexity index is 1330. The second kappa shape index (κ2) is 12.0. The van der Waals surface area contributed by atoms with Crippen molar-refractivity contribution in [2.75, 3.05) is 10.2 Å². The van der Waals surface area contributed by atoms with Gasteiger partial charge in [-0.05, 0) is 46.9 Å². The molecule has 3 aliphatic carbocycles. The lowest BCUT2D eigenvalue weighted by Gasteiger charge is -2.45. The first-order valence-electron chi connectivity index (χ1n) is 15.6. The number of imide groups is 1. The molecule has 2 bridgehead atoms. The highest BCUT2D eigenvalue weighted by atomic mass is 16.2. The Hall–Kier alpha value is -3.73. The second-order valence-electron chi connectivity index (χ2n) is 12.0. The van der Waals surface area contributed by atoms with Crippen molar-refractivity contribution in [1.29, 1.82) is 0 Å².